The molecule has 0 saturated heterocycles. The molecule has 2 aromatic rings. The van der Waals surface area contributed by atoms with E-state index in [9.17, 15) is 35.0 Å². The summed E-state index contributed by atoms with van der Waals surface area (Å²) in [5.74, 6) is -2.58. The second kappa shape index (κ2) is 11.4. The molecule has 1 heterocycles. The van der Waals surface area contributed by atoms with Crippen LogP contribution in [0.3, 0.4) is 0 Å². The summed E-state index contributed by atoms with van der Waals surface area (Å²) in [5, 5.41) is 45.3. The van der Waals surface area contributed by atoms with Gasteiger partial charge >= 0.3 is 11.9 Å². The van der Waals surface area contributed by atoms with Gasteiger partial charge in [-0.25, -0.2) is 9.59 Å². The summed E-state index contributed by atoms with van der Waals surface area (Å²) < 4.78 is 5.92. The van der Waals surface area contributed by atoms with Crippen LogP contribution < -0.4 is 10.1 Å². The van der Waals surface area contributed by atoms with E-state index in [2.05, 4.69) is 5.32 Å². The summed E-state index contributed by atoms with van der Waals surface area (Å²) in [5.41, 5.74) is -1.14. The fourth-order valence-corrected chi connectivity index (χ4v) is 4.86. The van der Waals surface area contributed by atoms with Gasteiger partial charge < -0.3 is 30.3 Å². The van der Waals surface area contributed by atoms with Crippen molar-refractivity contribution >= 4 is 17.6 Å². The maximum atomic E-state index is 12.5. The molecule has 11 nitrogen and oxygen atoms in total. The number of nitrogens with zero attached hydrogens (tertiary/aromatic N) is 2. The third-order valence-electron chi connectivity index (χ3n) is 6.93. The standard InChI is InChI=1S/C27H31N3O8/c1-16-23(25(32)33)27(3,24(26(34)35)17(2)29(16)4)20-14-19(30(36)37)10-11-22(20)38-13-12-28-15-21(31)18-8-6-5-7-9-18/h5-11,14,21,28,31H,12-13,15H2,1-4H3,(H,32,33)(H,34,35). The van der Waals surface area contributed by atoms with Gasteiger partial charge in [0.25, 0.3) is 5.69 Å². The number of nitro groups is 1. The van der Waals surface area contributed by atoms with E-state index in [1.54, 1.807) is 33.0 Å². The molecule has 0 bridgehead atoms. The first kappa shape index (κ1) is 28.4. The van der Waals surface area contributed by atoms with Crippen LogP contribution in [0.15, 0.2) is 71.1 Å². The first-order valence-corrected chi connectivity index (χ1v) is 11.9. The fourth-order valence-electron chi connectivity index (χ4n) is 4.86. The molecule has 1 aliphatic rings. The Labute approximate surface area is 219 Å². The SMILES string of the molecule is CC1=C(C(=O)O)C(C)(c2cc([N+](=O)[O-])ccc2OCCNCC(O)c2ccccc2)C(C(=O)O)=C(C)N1C. The Morgan fingerprint density at radius 3 is 2.18 bits per heavy atom. The van der Waals surface area contributed by atoms with E-state index >= 15 is 0 Å². The number of carbonyl (C=O) groups is 2. The Balaban J connectivity index is 1.97. The summed E-state index contributed by atoms with van der Waals surface area (Å²) >= 11 is 0. The molecule has 0 fully saturated rings. The van der Waals surface area contributed by atoms with Crippen LogP contribution in [-0.2, 0) is 15.0 Å². The fraction of sp³-hybridized carbons (Fsp3) is 0.333. The number of nitro benzene ring substituents is 1. The number of aliphatic hydroxyl groups excluding tert-OH is 1. The monoisotopic (exact) mass is 525 g/mol. The number of aliphatic hydroxyl groups is 1. The van der Waals surface area contributed by atoms with Crippen molar-refractivity contribution in [3.05, 3.63) is 92.3 Å². The third-order valence-corrected chi connectivity index (χ3v) is 6.93. The highest BCUT2D eigenvalue weighted by Gasteiger charge is 2.50. The van der Waals surface area contributed by atoms with Gasteiger partial charge in [-0.1, -0.05) is 30.3 Å². The van der Waals surface area contributed by atoms with Crippen molar-refractivity contribution in [2.75, 3.05) is 26.7 Å². The molecule has 0 saturated carbocycles. The van der Waals surface area contributed by atoms with Gasteiger partial charge in [-0.3, -0.25) is 10.1 Å². The van der Waals surface area contributed by atoms with Crippen molar-refractivity contribution < 1.29 is 34.6 Å². The third kappa shape index (κ3) is 5.38. The van der Waals surface area contributed by atoms with Crippen molar-refractivity contribution in [2.45, 2.75) is 32.3 Å². The highest BCUT2D eigenvalue weighted by molar-refractivity contribution is 6.00. The number of benzene rings is 2. The average molecular weight is 526 g/mol. The van der Waals surface area contributed by atoms with Gasteiger partial charge in [0.15, 0.2) is 0 Å². The lowest BCUT2D eigenvalue weighted by Gasteiger charge is -2.42. The van der Waals surface area contributed by atoms with Gasteiger partial charge in [-0.2, -0.15) is 0 Å². The Bertz CT molecular complexity index is 1260. The van der Waals surface area contributed by atoms with E-state index in [1.807, 2.05) is 18.2 Å². The van der Waals surface area contributed by atoms with E-state index in [0.29, 0.717) is 17.9 Å². The molecule has 0 spiro atoms. The summed E-state index contributed by atoms with van der Waals surface area (Å²) in [7, 11) is 1.57. The number of allylic oxidation sites excluding steroid dienone is 2. The summed E-state index contributed by atoms with van der Waals surface area (Å²) in [6.45, 7) is 5.16. The number of hydrogen-bond acceptors (Lipinski definition) is 8. The van der Waals surface area contributed by atoms with Gasteiger partial charge in [-0.15, -0.1) is 0 Å². The molecule has 0 radical (unpaired) electrons. The Hall–Kier alpha value is -4.22. The molecule has 2 aromatic carbocycles. The van der Waals surface area contributed by atoms with Gasteiger partial charge in [0.2, 0.25) is 0 Å². The minimum Gasteiger partial charge on any atom is -0.492 e. The zero-order chi connectivity index (χ0) is 28.2. The summed E-state index contributed by atoms with van der Waals surface area (Å²) in [4.78, 5) is 37.4. The van der Waals surface area contributed by atoms with E-state index in [4.69, 9.17) is 4.74 Å². The molecule has 1 atom stereocenters. The molecule has 11 heteroatoms. The largest absolute Gasteiger partial charge is 0.492 e. The molecule has 202 valence electrons. The molecule has 1 unspecified atom stereocenters. The van der Waals surface area contributed by atoms with Gasteiger partial charge in [-0.05, 0) is 32.4 Å². The molecule has 0 aliphatic carbocycles. The normalized spacial score (nSPS) is 15.9. The molecule has 0 amide bonds. The minimum absolute atomic E-state index is 0.0534. The predicted molar refractivity (Wildman–Crippen MR) is 139 cm³/mol. The first-order chi connectivity index (χ1) is 17.9. The van der Waals surface area contributed by atoms with E-state index < -0.39 is 28.4 Å². The highest BCUT2D eigenvalue weighted by Crippen LogP contribution is 2.50. The lowest BCUT2D eigenvalue weighted by atomic mass is 9.66. The van der Waals surface area contributed by atoms with Crippen molar-refractivity contribution in [2.24, 2.45) is 0 Å². The van der Waals surface area contributed by atoms with Crippen LogP contribution in [-0.4, -0.2) is 63.8 Å². The predicted octanol–water partition coefficient (Wildman–Crippen LogP) is 3.22. The summed E-state index contributed by atoms with van der Waals surface area (Å²) in [6.07, 6.45) is -0.734. The zero-order valence-corrected chi connectivity index (χ0v) is 21.6. The number of rotatable bonds is 11. The smallest absolute Gasteiger partial charge is 0.334 e. The topological polar surface area (TPSA) is 162 Å². The second-order valence-electron chi connectivity index (χ2n) is 9.13. The Morgan fingerprint density at radius 1 is 1.08 bits per heavy atom. The van der Waals surface area contributed by atoms with Crippen LogP contribution in [0.5, 0.6) is 5.75 Å². The number of aliphatic carboxylic acids is 2. The quantitative estimate of drug-likeness (QED) is 0.195. The van der Waals surface area contributed by atoms with Gasteiger partial charge in [0, 0.05) is 49.2 Å². The van der Waals surface area contributed by atoms with E-state index in [0.717, 1.165) is 5.56 Å². The van der Waals surface area contributed by atoms with Crippen LogP contribution in [0.25, 0.3) is 0 Å². The molecule has 4 N–H and O–H groups in total. The van der Waals surface area contributed by atoms with Crippen LogP contribution in [0.4, 0.5) is 5.69 Å². The molecule has 0 aromatic heterocycles. The average Bonchev–Trinajstić information content (AvgIpc) is 2.87. The van der Waals surface area contributed by atoms with Crippen molar-refractivity contribution in [1.29, 1.82) is 0 Å². The number of hydrogen-bond donors (Lipinski definition) is 4. The van der Waals surface area contributed by atoms with Crippen LogP contribution in [0.2, 0.25) is 0 Å². The van der Waals surface area contributed by atoms with Crippen LogP contribution in [0.1, 0.15) is 38.0 Å². The molecular weight excluding hydrogens is 494 g/mol. The summed E-state index contributed by atoms with van der Waals surface area (Å²) in [6, 6.07) is 12.8. The Kier molecular flexibility index (Phi) is 8.54. The zero-order valence-electron chi connectivity index (χ0n) is 21.6. The van der Waals surface area contributed by atoms with Crippen molar-refractivity contribution in [3.8, 4) is 5.75 Å². The van der Waals surface area contributed by atoms with Gasteiger partial charge in [0.1, 0.15) is 12.4 Å². The number of carboxylic acid groups (broad SMARTS) is 2. The molecule has 1 aliphatic heterocycles. The number of carboxylic acids is 2. The molecule has 38 heavy (non-hydrogen) atoms. The molecule has 3 rings (SSSR count). The first-order valence-electron chi connectivity index (χ1n) is 11.9. The van der Waals surface area contributed by atoms with Gasteiger partial charge in [0.05, 0.1) is 27.6 Å². The van der Waals surface area contributed by atoms with Crippen molar-refractivity contribution in [3.63, 3.8) is 0 Å². The van der Waals surface area contributed by atoms with Crippen molar-refractivity contribution in [1.82, 2.24) is 10.2 Å². The van der Waals surface area contributed by atoms with Crippen LogP contribution >= 0.6 is 0 Å². The number of non-ortho nitro benzene ring substituents is 1. The van der Waals surface area contributed by atoms with E-state index in [1.165, 1.54) is 30.0 Å². The number of ether oxygens (including phenoxy) is 1. The highest BCUT2D eigenvalue weighted by atomic mass is 16.6. The number of nitrogens with one attached hydrogen (secondary N) is 1. The minimum atomic E-state index is -1.77. The maximum absolute atomic E-state index is 12.5. The lowest BCUT2D eigenvalue weighted by molar-refractivity contribution is -0.385. The van der Waals surface area contributed by atoms with E-state index in [-0.39, 0.29) is 41.3 Å². The maximum Gasteiger partial charge on any atom is 0.334 e. The second-order valence-corrected chi connectivity index (χ2v) is 9.13. The Morgan fingerprint density at radius 2 is 1.66 bits per heavy atom. The lowest BCUT2D eigenvalue weighted by Crippen LogP contribution is -2.43. The van der Waals surface area contributed by atoms with Crippen LogP contribution in [0, 0.1) is 10.1 Å². The molecular formula is C27H31N3O8.